The summed E-state index contributed by atoms with van der Waals surface area (Å²) in [7, 11) is 2.77. The number of esters is 1. The first-order valence-corrected chi connectivity index (χ1v) is 7.61. The predicted octanol–water partition coefficient (Wildman–Crippen LogP) is 2.51. The van der Waals surface area contributed by atoms with E-state index in [4.69, 9.17) is 14.7 Å². The van der Waals surface area contributed by atoms with E-state index in [-0.39, 0.29) is 0 Å². The molecule has 0 aliphatic carbocycles. The maximum Gasteiger partial charge on any atom is 0.341 e. The molecule has 0 aromatic heterocycles. The van der Waals surface area contributed by atoms with Gasteiger partial charge in [-0.05, 0) is 34.9 Å². The molecule has 8 heteroatoms. The fraction of sp³-hybridized carbons (Fsp3) is 0.250. The summed E-state index contributed by atoms with van der Waals surface area (Å²) in [6, 6.07) is 3.26. The molecule has 1 aromatic carbocycles. The molecule has 20 heavy (non-hydrogen) atoms. The third-order valence-corrected chi connectivity index (χ3v) is 3.70. The van der Waals surface area contributed by atoms with Gasteiger partial charge in [0.25, 0.3) is 0 Å². The molecule has 0 atom stereocenters. The van der Waals surface area contributed by atoms with E-state index in [0.29, 0.717) is 22.2 Å². The van der Waals surface area contributed by atoms with Gasteiger partial charge in [0.1, 0.15) is 11.3 Å². The van der Waals surface area contributed by atoms with Gasteiger partial charge in [0.05, 0.1) is 19.9 Å². The SMILES string of the molecule is COC(=O)c1cc(I)c(N=C(NC#N)SC)cc1OC. The average molecular weight is 405 g/mol. The molecule has 0 radical (unpaired) electrons. The first-order valence-electron chi connectivity index (χ1n) is 5.31. The van der Waals surface area contributed by atoms with Crippen molar-refractivity contribution in [1.29, 1.82) is 5.26 Å². The Bertz CT molecular complexity index is 584. The number of ether oxygens (including phenoxy) is 2. The molecular weight excluding hydrogens is 393 g/mol. The minimum atomic E-state index is -0.476. The van der Waals surface area contributed by atoms with Crippen molar-refractivity contribution in [2.75, 3.05) is 20.5 Å². The van der Waals surface area contributed by atoms with E-state index in [9.17, 15) is 4.79 Å². The van der Waals surface area contributed by atoms with Gasteiger partial charge in [-0.1, -0.05) is 11.8 Å². The van der Waals surface area contributed by atoms with Crippen LogP contribution in [0.3, 0.4) is 0 Å². The second-order valence-electron chi connectivity index (χ2n) is 3.35. The van der Waals surface area contributed by atoms with Crippen molar-refractivity contribution in [3.05, 3.63) is 21.3 Å². The Morgan fingerprint density at radius 1 is 1.50 bits per heavy atom. The molecular formula is C12H12IN3O3S. The smallest absolute Gasteiger partial charge is 0.341 e. The van der Waals surface area contributed by atoms with E-state index >= 15 is 0 Å². The molecule has 0 fully saturated rings. The molecule has 0 saturated heterocycles. The number of carbonyl (C=O) groups is 1. The van der Waals surface area contributed by atoms with Crippen molar-refractivity contribution in [3.8, 4) is 11.9 Å². The van der Waals surface area contributed by atoms with Crippen LogP contribution in [0.25, 0.3) is 0 Å². The van der Waals surface area contributed by atoms with Gasteiger partial charge in [0.15, 0.2) is 11.4 Å². The van der Waals surface area contributed by atoms with Crippen molar-refractivity contribution in [2.24, 2.45) is 4.99 Å². The number of halogens is 1. The van der Waals surface area contributed by atoms with Crippen molar-refractivity contribution in [2.45, 2.75) is 0 Å². The van der Waals surface area contributed by atoms with Crippen LogP contribution >= 0.6 is 34.4 Å². The minimum absolute atomic E-state index is 0.331. The first-order chi connectivity index (χ1) is 9.57. The van der Waals surface area contributed by atoms with Crippen LogP contribution in [0.15, 0.2) is 17.1 Å². The number of amidine groups is 1. The summed E-state index contributed by atoms with van der Waals surface area (Å²) in [6.45, 7) is 0. The lowest BCUT2D eigenvalue weighted by Gasteiger charge is -2.10. The van der Waals surface area contributed by atoms with Crippen LogP contribution in [0.2, 0.25) is 0 Å². The standard InChI is InChI=1S/C12H12IN3O3S/c1-18-10-5-9(16-12(20-3)15-6-14)8(13)4-7(10)11(17)19-2/h4-5H,1-3H3,(H,15,16). The number of hydrogen-bond donors (Lipinski definition) is 1. The Morgan fingerprint density at radius 2 is 2.20 bits per heavy atom. The second-order valence-corrected chi connectivity index (χ2v) is 5.31. The number of rotatable bonds is 3. The van der Waals surface area contributed by atoms with Crippen LogP contribution < -0.4 is 10.1 Å². The minimum Gasteiger partial charge on any atom is -0.496 e. The summed E-state index contributed by atoms with van der Waals surface area (Å²) in [5, 5.41) is 11.6. The number of methoxy groups -OCH3 is 2. The van der Waals surface area contributed by atoms with E-state index in [1.165, 1.54) is 26.0 Å². The van der Waals surface area contributed by atoms with Gasteiger partial charge in [-0.3, -0.25) is 5.32 Å². The van der Waals surface area contributed by atoms with Crippen LogP contribution in [0.5, 0.6) is 5.75 Å². The lowest BCUT2D eigenvalue weighted by molar-refractivity contribution is 0.0597. The molecule has 6 nitrogen and oxygen atoms in total. The highest BCUT2D eigenvalue weighted by atomic mass is 127. The molecule has 0 heterocycles. The third kappa shape index (κ3) is 4.01. The Hall–Kier alpha value is -1.47. The maximum atomic E-state index is 11.6. The third-order valence-electron chi connectivity index (χ3n) is 2.25. The molecule has 0 aliphatic heterocycles. The summed E-state index contributed by atoms with van der Waals surface area (Å²) in [5.41, 5.74) is 0.930. The summed E-state index contributed by atoms with van der Waals surface area (Å²) < 4.78 is 10.6. The number of nitrogens with zero attached hydrogens (tertiary/aromatic N) is 2. The van der Waals surface area contributed by atoms with Gasteiger partial charge in [0.2, 0.25) is 0 Å². The predicted molar refractivity (Wildman–Crippen MR) is 86.4 cm³/mol. The summed E-state index contributed by atoms with van der Waals surface area (Å²) in [6.07, 6.45) is 3.62. The molecule has 0 saturated carbocycles. The number of aliphatic imine (C=N–C) groups is 1. The van der Waals surface area contributed by atoms with E-state index in [1.807, 2.05) is 6.19 Å². The fourth-order valence-electron chi connectivity index (χ4n) is 1.35. The Kier molecular flexibility index (Phi) is 6.60. The monoisotopic (exact) mass is 405 g/mol. The lowest BCUT2D eigenvalue weighted by Crippen LogP contribution is -2.12. The summed E-state index contributed by atoms with van der Waals surface area (Å²) in [4.78, 5) is 15.9. The lowest BCUT2D eigenvalue weighted by atomic mass is 10.2. The Balaban J connectivity index is 3.31. The molecule has 0 bridgehead atoms. The quantitative estimate of drug-likeness (QED) is 0.208. The number of nitrogens with one attached hydrogen (secondary N) is 1. The van der Waals surface area contributed by atoms with Crippen LogP contribution in [0, 0.1) is 15.0 Å². The highest BCUT2D eigenvalue weighted by Crippen LogP contribution is 2.31. The normalized spacial score (nSPS) is 10.7. The molecule has 0 unspecified atom stereocenters. The molecule has 0 spiro atoms. The van der Waals surface area contributed by atoms with Crippen LogP contribution in [-0.4, -0.2) is 31.6 Å². The van der Waals surface area contributed by atoms with Gasteiger partial charge in [-0.15, -0.1) is 0 Å². The van der Waals surface area contributed by atoms with E-state index in [0.717, 1.165) is 3.57 Å². The van der Waals surface area contributed by atoms with Crippen molar-refractivity contribution < 1.29 is 14.3 Å². The van der Waals surface area contributed by atoms with Gasteiger partial charge in [-0.2, -0.15) is 5.26 Å². The number of nitriles is 1. The Morgan fingerprint density at radius 3 is 2.70 bits per heavy atom. The van der Waals surface area contributed by atoms with Crippen molar-refractivity contribution in [1.82, 2.24) is 5.32 Å². The zero-order valence-electron chi connectivity index (χ0n) is 11.1. The van der Waals surface area contributed by atoms with Crippen molar-refractivity contribution >= 4 is 51.2 Å². The number of carbonyl (C=O) groups excluding carboxylic acids is 1. The Labute approximate surface area is 134 Å². The zero-order chi connectivity index (χ0) is 15.1. The average Bonchev–Trinajstić information content (AvgIpc) is 2.47. The largest absolute Gasteiger partial charge is 0.496 e. The number of thioether (sulfide) groups is 1. The summed E-state index contributed by atoms with van der Waals surface area (Å²) in [5.74, 6) is -0.107. The number of hydrogen-bond acceptors (Lipinski definition) is 6. The summed E-state index contributed by atoms with van der Waals surface area (Å²) >= 11 is 3.36. The van der Waals surface area contributed by atoms with Crippen LogP contribution in [0.4, 0.5) is 5.69 Å². The molecule has 1 N–H and O–H groups in total. The topological polar surface area (TPSA) is 83.7 Å². The van der Waals surface area contributed by atoms with Gasteiger partial charge in [-0.25, -0.2) is 9.79 Å². The number of benzene rings is 1. The van der Waals surface area contributed by atoms with Crippen LogP contribution in [-0.2, 0) is 4.74 Å². The molecule has 0 amide bonds. The van der Waals surface area contributed by atoms with Gasteiger partial charge < -0.3 is 9.47 Å². The van der Waals surface area contributed by atoms with Crippen molar-refractivity contribution in [3.63, 3.8) is 0 Å². The highest BCUT2D eigenvalue weighted by Gasteiger charge is 2.16. The fourth-order valence-corrected chi connectivity index (χ4v) is 2.27. The zero-order valence-corrected chi connectivity index (χ0v) is 14.0. The molecule has 106 valence electrons. The first kappa shape index (κ1) is 16.6. The van der Waals surface area contributed by atoms with Gasteiger partial charge >= 0.3 is 5.97 Å². The van der Waals surface area contributed by atoms with E-state index in [1.54, 1.807) is 18.4 Å². The highest BCUT2D eigenvalue weighted by molar-refractivity contribution is 14.1. The molecule has 0 aliphatic rings. The molecule has 1 aromatic rings. The second kappa shape index (κ2) is 7.96. The maximum absolute atomic E-state index is 11.6. The van der Waals surface area contributed by atoms with Gasteiger partial charge in [0, 0.05) is 9.64 Å². The van der Waals surface area contributed by atoms with E-state index in [2.05, 4.69) is 32.9 Å². The van der Waals surface area contributed by atoms with Crippen LogP contribution in [0.1, 0.15) is 10.4 Å². The van der Waals surface area contributed by atoms with E-state index < -0.39 is 5.97 Å². The molecule has 1 rings (SSSR count).